The number of hydrogen-bond acceptors (Lipinski definition) is 2. The smallest absolute Gasteiger partial charge is 0.126 e. The van der Waals surface area contributed by atoms with Gasteiger partial charge in [0.2, 0.25) is 0 Å². The van der Waals surface area contributed by atoms with E-state index in [1.54, 1.807) is 0 Å². The van der Waals surface area contributed by atoms with E-state index < -0.39 is 0 Å². The third kappa shape index (κ3) is 2.31. The van der Waals surface area contributed by atoms with Crippen molar-refractivity contribution in [2.24, 2.45) is 0 Å². The van der Waals surface area contributed by atoms with Crippen LogP contribution in [0.1, 0.15) is 38.7 Å². The Balaban J connectivity index is 2.79. The van der Waals surface area contributed by atoms with Crippen LogP contribution in [0.3, 0.4) is 0 Å². The highest BCUT2D eigenvalue weighted by molar-refractivity contribution is 5.08. The van der Waals surface area contributed by atoms with Crippen molar-refractivity contribution in [3.63, 3.8) is 0 Å². The summed E-state index contributed by atoms with van der Waals surface area (Å²) in [6.45, 7) is 6.40. The molecule has 0 fully saturated rings. The first-order valence-electron chi connectivity index (χ1n) is 4.83. The van der Waals surface area contributed by atoms with Gasteiger partial charge in [-0.3, -0.25) is 0 Å². The maximum Gasteiger partial charge on any atom is 0.126 e. The van der Waals surface area contributed by atoms with Crippen LogP contribution in [0.25, 0.3) is 0 Å². The van der Waals surface area contributed by atoms with Gasteiger partial charge in [0.25, 0.3) is 0 Å². The minimum absolute atomic E-state index is 0.0635. The van der Waals surface area contributed by atoms with Crippen LogP contribution >= 0.6 is 0 Å². The number of H-pyrrole nitrogens is 1. The van der Waals surface area contributed by atoms with Gasteiger partial charge in [0, 0.05) is 11.9 Å². The third-order valence-electron chi connectivity index (χ3n) is 2.36. The van der Waals surface area contributed by atoms with E-state index in [0.717, 1.165) is 18.7 Å². The summed E-state index contributed by atoms with van der Waals surface area (Å²) in [5, 5.41) is 3.22. The van der Waals surface area contributed by atoms with E-state index in [4.69, 9.17) is 0 Å². The highest BCUT2D eigenvalue weighted by Crippen LogP contribution is 2.15. The number of nitrogens with zero attached hydrogens (tertiary/aromatic N) is 1. The Morgan fingerprint density at radius 2 is 2.23 bits per heavy atom. The van der Waals surface area contributed by atoms with E-state index in [9.17, 15) is 0 Å². The van der Waals surface area contributed by atoms with Gasteiger partial charge in [-0.2, -0.15) is 0 Å². The fraction of sp³-hybridized carbons (Fsp3) is 0.700. The van der Waals surface area contributed by atoms with Crippen LogP contribution in [0.4, 0.5) is 0 Å². The van der Waals surface area contributed by atoms with Gasteiger partial charge in [-0.15, -0.1) is 0 Å². The molecule has 0 aliphatic heterocycles. The third-order valence-corrected chi connectivity index (χ3v) is 2.36. The van der Waals surface area contributed by atoms with Crippen molar-refractivity contribution in [1.82, 2.24) is 15.3 Å². The van der Waals surface area contributed by atoms with Crippen molar-refractivity contribution in [2.45, 2.75) is 39.2 Å². The number of nitrogens with one attached hydrogen (secondary N) is 2. The Hall–Kier alpha value is -0.830. The van der Waals surface area contributed by atoms with Crippen LogP contribution in [0.15, 0.2) is 6.20 Å². The van der Waals surface area contributed by atoms with E-state index in [0.29, 0.717) is 0 Å². The molecule has 1 heterocycles. The highest BCUT2D eigenvalue weighted by atomic mass is 15.0. The minimum Gasteiger partial charge on any atom is -0.344 e. The van der Waals surface area contributed by atoms with Crippen LogP contribution in [0.5, 0.6) is 0 Å². The Kier molecular flexibility index (Phi) is 3.09. The highest BCUT2D eigenvalue weighted by Gasteiger charge is 2.20. The van der Waals surface area contributed by atoms with Crippen LogP contribution < -0.4 is 5.32 Å². The van der Waals surface area contributed by atoms with Gasteiger partial charge in [0.15, 0.2) is 0 Å². The molecule has 1 rings (SSSR count). The summed E-state index contributed by atoms with van der Waals surface area (Å²) in [6, 6.07) is 0. The Bertz CT molecular complexity index is 263. The van der Waals surface area contributed by atoms with E-state index in [1.165, 1.54) is 5.69 Å². The zero-order valence-corrected chi connectivity index (χ0v) is 8.94. The fourth-order valence-corrected chi connectivity index (χ4v) is 1.19. The molecule has 0 aromatic carbocycles. The monoisotopic (exact) mass is 181 g/mol. The molecule has 0 atom stereocenters. The summed E-state index contributed by atoms with van der Waals surface area (Å²) >= 11 is 0. The second-order valence-corrected chi connectivity index (χ2v) is 3.88. The average molecular weight is 181 g/mol. The lowest BCUT2D eigenvalue weighted by atomic mass is 10.1. The number of hydrogen-bond donors (Lipinski definition) is 2. The summed E-state index contributed by atoms with van der Waals surface area (Å²) in [4.78, 5) is 7.69. The van der Waals surface area contributed by atoms with Crippen LogP contribution in [-0.4, -0.2) is 17.0 Å². The molecule has 74 valence electrons. The largest absolute Gasteiger partial charge is 0.344 e. The molecule has 0 aliphatic rings. The summed E-state index contributed by atoms with van der Waals surface area (Å²) < 4.78 is 0. The Morgan fingerprint density at radius 1 is 1.54 bits per heavy atom. The molecule has 0 amide bonds. The summed E-state index contributed by atoms with van der Waals surface area (Å²) in [6.07, 6.45) is 4.16. The van der Waals surface area contributed by atoms with E-state index in [2.05, 4.69) is 36.1 Å². The minimum atomic E-state index is -0.0635. The van der Waals surface area contributed by atoms with Crippen molar-refractivity contribution >= 4 is 0 Å². The molecule has 1 aromatic heterocycles. The van der Waals surface area contributed by atoms with Gasteiger partial charge in [0.1, 0.15) is 5.82 Å². The van der Waals surface area contributed by atoms with E-state index >= 15 is 0 Å². The topological polar surface area (TPSA) is 40.7 Å². The molecule has 0 spiro atoms. The first-order chi connectivity index (χ1) is 6.10. The van der Waals surface area contributed by atoms with Crippen molar-refractivity contribution < 1.29 is 0 Å². The molecule has 0 saturated carbocycles. The predicted molar refractivity (Wildman–Crippen MR) is 54.7 cm³/mol. The molecular formula is C10H19N3. The average Bonchev–Trinajstić information content (AvgIpc) is 2.54. The lowest BCUT2D eigenvalue weighted by molar-refractivity contribution is 0.420. The van der Waals surface area contributed by atoms with Crippen molar-refractivity contribution in [3.8, 4) is 0 Å². The van der Waals surface area contributed by atoms with Gasteiger partial charge >= 0.3 is 0 Å². The number of aryl methyl sites for hydroxylation is 1. The molecule has 0 unspecified atom stereocenters. The summed E-state index contributed by atoms with van der Waals surface area (Å²) in [5.41, 5.74) is 1.16. The standard InChI is InChI=1S/C10H19N3/c1-5-6-8-7-12-9(13-8)10(2,3)11-4/h7,11H,5-6H2,1-4H3,(H,12,13). The van der Waals surface area contributed by atoms with Crippen LogP contribution in [0.2, 0.25) is 0 Å². The van der Waals surface area contributed by atoms with Crippen LogP contribution in [0, 0.1) is 0 Å². The molecule has 3 nitrogen and oxygen atoms in total. The van der Waals surface area contributed by atoms with Gasteiger partial charge in [0.05, 0.1) is 5.54 Å². The molecule has 0 bridgehead atoms. The first-order valence-corrected chi connectivity index (χ1v) is 4.83. The predicted octanol–water partition coefficient (Wildman–Crippen LogP) is 1.82. The number of imidazole rings is 1. The van der Waals surface area contributed by atoms with Gasteiger partial charge in [-0.05, 0) is 27.3 Å². The molecule has 0 saturated heterocycles. The number of aromatic nitrogens is 2. The zero-order valence-electron chi connectivity index (χ0n) is 8.94. The molecule has 2 N–H and O–H groups in total. The van der Waals surface area contributed by atoms with Gasteiger partial charge < -0.3 is 10.3 Å². The fourth-order valence-electron chi connectivity index (χ4n) is 1.19. The molecule has 3 heteroatoms. The summed E-state index contributed by atoms with van der Waals surface area (Å²) in [7, 11) is 1.95. The quantitative estimate of drug-likeness (QED) is 0.744. The molecule has 0 aliphatic carbocycles. The van der Waals surface area contributed by atoms with Crippen molar-refractivity contribution in [3.05, 3.63) is 17.7 Å². The summed E-state index contributed by atoms with van der Waals surface area (Å²) in [5.74, 6) is 1.01. The number of aromatic amines is 1. The maximum absolute atomic E-state index is 4.36. The lowest BCUT2D eigenvalue weighted by Gasteiger charge is -2.20. The molecule has 13 heavy (non-hydrogen) atoms. The van der Waals surface area contributed by atoms with Crippen molar-refractivity contribution in [2.75, 3.05) is 7.05 Å². The molecule has 0 radical (unpaired) electrons. The number of rotatable bonds is 4. The normalized spacial score (nSPS) is 12.0. The van der Waals surface area contributed by atoms with E-state index in [1.807, 2.05) is 13.2 Å². The zero-order chi connectivity index (χ0) is 9.90. The van der Waals surface area contributed by atoms with Crippen molar-refractivity contribution in [1.29, 1.82) is 0 Å². The molecule has 1 aromatic rings. The van der Waals surface area contributed by atoms with Crippen LogP contribution in [-0.2, 0) is 12.0 Å². The SMILES string of the molecule is CCCc1cnc(C(C)(C)NC)[nH]1. The lowest BCUT2D eigenvalue weighted by Crippen LogP contribution is -2.34. The Morgan fingerprint density at radius 3 is 2.77 bits per heavy atom. The first kappa shape index (κ1) is 10.3. The van der Waals surface area contributed by atoms with Gasteiger partial charge in [-0.25, -0.2) is 4.98 Å². The Labute approximate surface area is 80.0 Å². The molecular weight excluding hydrogens is 162 g/mol. The van der Waals surface area contributed by atoms with E-state index in [-0.39, 0.29) is 5.54 Å². The van der Waals surface area contributed by atoms with Gasteiger partial charge in [-0.1, -0.05) is 13.3 Å². The second kappa shape index (κ2) is 3.92. The maximum atomic E-state index is 4.36. The second-order valence-electron chi connectivity index (χ2n) is 3.88.